The Bertz CT molecular complexity index is 391. The van der Waals surface area contributed by atoms with Crippen LogP contribution in [0.5, 0.6) is 5.75 Å². The first-order chi connectivity index (χ1) is 8.15. The summed E-state index contributed by atoms with van der Waals surface area (Å²) < 4.78 is 28.0. The van der Waals surface area contributed by atoms with Crippen molar-refractivity contribution in [1.29, 1.82) is 0 Å². The highest BCUT2D eigenvalue weighted by atomic mass is 19.3. The monoisotopic (exact) mass is 242 g/mol. The summed E-state index contributed by atoms with van der Waals surface area (Å²) in [7, 11) is 0. The summed E-state index contributed by atoms with van der Waals surface area (Å²) in [6.07, 6.45) is 0. The zero-order valence-electron chi connectivity index (χ0n) is 8.95. The van der Waals surface area contributed by atoms with Gasteiger partial charge in [0, 0.05) is 18.8 Å². The quantitative estimate of drug-likeness (QED) is 0.840. The van der Waals surface area contributed by atoms with E-state index in [1.54, 1.807) is 0 Å². The molecule has 0 radical (unpaired) electrons. The van der Waals surface area contributed by atoms with Crippen molar-refractivity contribution in [2.45, 2.75) is 6.61 Å². The maximum atomic E-state index is 11.9. The third-order valence-corrected chi connectivity index (χ3v) is 2.50. The normalized spacial score (nSPS) is 15.5. The first-order valence-electron chi connectivity index (χ1n) is 5.21. The number of nitrogens with one attached hydrogen (secondary N) is 2. The third-order valence-electron chi connectivity index (χ3n) is 2.50. The van der Waals surface area contributed by atoms with Crippen LogP contribution in [0.3, 0.4) is 0 Å². The average Bonchev–Trinajstić information content (AvgIpc) is 2.17. The number of halogens is 2. The predicted molar refractivity (Wildman–Crippen MR) is 58.1 cm³/mol. The van der Waals surface area contributed by atoms with Gasteiger partial charge in [-0.3, -0.25) is 4.79 Å². The number of carbonyl (C=O) groups is 1. The van der Waals surface area contributed by atoms with Crippen molar-refractivity contribution in [2.24, 2.45) is 5.92 Å². The SMILES string of the molecule is O=C(Nc1ccc(OC(F)F)cc1)C1CNC1. The van der Waals surface area contributed by atoms with Crippen molar-refractivity contribution in [1.82, 2.24) is 5.32 Å². The summed E-state index contributed by atoms with van der Waals surface area (Å²) in [5.41, 5.74) is 0.573. The summed E-state index contributed by atoms with van der Waals surface area (Å²) >= 11 is 0. The van der Waals surface area contributed by atoms with Gasteiger partial charge in [-0.2, -0.15) is 8.78 Å². The van der Waals surface area contributed by atoms with E-state index in [0.717, 1.165) is 0 Å². The fraction of sp³-hybridized carbons (Fsp3) is 0.364. The van der Waals surface area contributed by atoms with Crippen molar-refractivity contribution in [2.75, 3.05) is 18.4 Å². The number of rotatable bonds is 4. The Morgan fingerprint density at radius 1 is 1.35 bits per heavy atom. The van der Waals surface area contributed by atoms with E-state index in [4.69, 9.17) is 0 Å². The smallest absolute Gasteiger partial charge is 0.387 e. The molecule has 17 heavy (non-hydrogen) atoms. The summed E-state index contributed by atoms with van der Waals surface area (Å²) in [5.74, 6) is 0.00146. The van der Waals surface area contributed by atoms with E-state index >= 15 is 0 Å². The highest BCUT2D eigenvalue weighted by molar-refractivity contribution is 5.93. The van der Waals surface area contributed by atoms with Gasteiger partial charge >= 0.3 is 6.61 Å². The fourth-order valence-electron chi connectivity index (χ4n) is 1.44. The van der Waals surface area contributed by atoms with Gasteiger partial charge in [-0.05, 0) is 24.3 Å². The van der Waals surface area contributed by atoms with Gasteiger partial charge < -0.3 is 15.4 Å². The Morgan fingerprint density at radius 2 is 2.00 bits per heavy atom. The van der Waals surface area contributed by atoms with Crippen LogP contribution >= 0.6 is 0 Å². The van der Waals surface area contributed by atoms with E-state index in [2.05, 4.69) is 15.4 Å². The predicted octanol–water partition coefficient (Wildman–Crippen LogP) is 1.45. The van der Waals surface area contributed by atoms with Crippen LogP contribution in [-0.2, 0) is 4.79 Å². The van der Waals surface area contributed by atoms with Crippen molar-refractivity contribution < 1.29 is 18.3 Å². The lowest BCUT2D eigenvalue weighted by atomic mass is 10.0. The number of anilines is 1. The van der Waals surface area contributed by atoms with Gasteiger partial charge in [0.1, 0.15) is 5.75 Å². The second-order valence-corrected chi connectivity index (χ2v) is 3.75. The molecular formula is C11H12F2N2O2. The molecule has 4 nitrogen and oxygen atoms in total. The average molecular weight is 242 g/mol. The van der Waals surface area contributed by atoms with Crippen molar-refractivity contribution in [3.8, 4) is 5.75 Å². The Hall–Kier alpha value is -1.69. The molecule has 1 heterocycles. The number of alkyl halides is 2. The lowest BCUT2D eigenvalue weighted by Gasteiger charge is -2.25. The van der Waals surface area contributed by atoms with Gasteiger partial charge in [0.05, 0.1) is 5.92 Å². The summed E-state index contributed by atoms with van der Waals surface area (Å²) in [4.78, 5) is 11.6. The van der Waals surface area contributed by atoms with Gasteiger partial charge in [-0.25, -0.2) is 0 Å². The molecule has 6 heteroatoms. The molecule has 1 aliphatic heterocycles. The molecule has 0 bridgehead atoms. The number of benzene rings is 1. The molecule has 0 saturated carbocycles. The third kappa shape index (κ3) is 3.13. The minimum Gasteiger partial charge on any atom is -0.435 e. The molecule has 1 aromatic carbocycles. The molecule has 0 atom stereocenters. The van der Waals surface area contributed by atoms with Crippen LogP contribution in [-0.4, -0.2) is 25.6 Å². The van der Waals surface area contributed by atoms with Crippen molar-refractivity contribution in [3.63, 3.8) is 0 Å². The van der Waals surface area contributed by atoms with Crippen LogP contribution in [0.1, 0.15) is 0 Å². The topological polar surface area (TPSA) is 50.4 Å². The van der Waals surface area contributed by atoms with Gasteiger partial charge in [-0.15, -0.1) is 0 Å². The first kappa shape index (κ1) is 11.8. The highest BCUT2D eigenvalue weighted by Crippen LogP contribution is 2.18. The van der Waals surface area contributed by atoms with Crippen LogP contribution in [0.4, 0.5) is 14.5 Å². The van der Waals surface area contributed by atoms with Crippen LogP contribution in [0.15, 0.2) is 24.3 Å². The van der Waals surface area contributed by atoms with Crippen LogP contribution in [0.25, 0.3) is 0 Å². The number of amides is 1. The molecule has 0 unspecified atom stereocenters. The molecule has 1 aromatic rings. The molecule has 1 saturated heterocycles. The lowest BCUT2D eigenvalue weighted by molar-refractivity contribution is -0.121. The highest BCUT2D eigenvalue weighted by Gasteiger charge is 2.24. The molecule has 2 rings (SSSR count). The number of carbonyl (C=O) groups excluding carboxylic acids is 1. The van der Waals surface area contributed by atoms with E-state index in [-0.39, 0.29) is 17.6 Å². The van der Waals surface area contributed by atoms with Gasteiger partial charge in [0.15, 0.2) is 0 Å². The summed E-state index contributed by atoms with van der Waals surface area (Å²) in [5, 5.41) is 5.70. The Labute approximate surface area is 97.0 Å². The number of hydrogen-bond acceptors (Lipinski definition) is 3. The summed E-state index contributed by atoms with van der Waals surface area (Å²) in [6.45, 7) is -1.48. The van der Waals surface area contributed by atoms with Crippen LogP contribution < -0.4 is 15.4 Å². The Kier molecular flexibility index (Phi) is 3.53. The van der Waals surface area contributed by atoms with Crippen LogP contribution in [0.2, 0.25) is 0 Å². The molecule has 0 spiro atoms. The molecule has 0 aliphatic carbocycles. The standard InChI is InChI=1S/C11H12F2N2O2/c12-11(13)17-9-3-1-8(2-4-9)15-10(16)7-5-14-6-7/h1-4,7,11,14H,5-6H2,(H,15,16). The van der Waals surface area contributed by atoms with Gasteiger partial charge in [-0.1, -0.05) is 0 Å². The zero-order chi connectivity index (χ0) is 12.3. The van der Waals surface area contributed by atoms with Crippen molar-refractivity contribution >= 4 is 11.6 Å². The minimum atomic E-state index is -2.84. The molecule has 1 fully saturated rings. The van der Waals surface area contributed by atoms with E-state index in [1.807, 2.05) is 0 Å². The molecule has 1 aliphatic rings. The van der Waals surface area contributed by atoms with E-state index in [9.17, 15) is 13.6 Å². The van der Waals surface area contributed by atoms with Gasteiger partial charge in [0.25, 0.3) is 0 Å². The number of ether oxygens (including phenoxy) is 1. The van der Waals surface area contributed by atoms with Crippen molar-refractivity contribution in [3.05, 3.63) is 24.3 Å². The van der Waals surface area contributed by atoms with E-state index in [1.165, 1.54) is 24.3 Å². The molecule has 2 N–H and O–H groups in total. The second kappa shape index (κ2) is 5.09. The second-order valence-electron chi connectivity index (χ2n) is 3.75. The first-order valence-corrected chi connectivity index (χ1v) is 5.21. The van der Waals surface area contributed by atoms with E-state index in [0.29, 0.717) is 18.8 Å². The minimum absolute atomic E-state index is 0.00742. The van der Waals surface area contributed by atoms with E-state index < -0.39 is 6.61 Å². The molecule has 1 amide bonds. The molecular weight excluding hydrogens is 230 g/mol. The Morgan fingerprint density at radius 3 is 2.47 bits per heavy atom. The largest absolute Gasteiger partial charge is 0.435 e. The summed E-state index contributed by atoms with van der Waals surface area (Å²) in [6, 6.07) is 5.84. The number of hydrogen-bond donors (Lipinski definition) is 2. The van der Waals surface area contributed by atoms with Gasteiger partial charge in [0.2, 0.25) is 5.91 Å². The van der Waals surface area contributed by atoms with Crippen LogP contribution in [0, 0.1) is 5.92 Å². The maximum absolute atomic E-state index is 11.9. The fourth-order valence-corrected chi connectivity index (χ4v) is 1.44. The lowest BCUT2D eigenvalue weighted by Crippen LogP contribution is -2.48. The molecule has 92 valence electrons. The Balaban J connectivity index is 1.90. The maximum Gasteiger partial charge on any atom is 0.387 e. The zero-order valence-corrected chi connectivity index (χ0v) is 8.95. The molecule has 0 aromatic heterocycles.